The van der Waals surface area contributed by atoms with Crippen LogP contribution in [0.2, 0.25) is 0 Å². The number of hydrogen-bond acceptors (Lipinski definition) is 3. The summed E-state index contributed by atoms with van der Waals surface area (Å²) in [7, 11) is 1.33. The molecular weight excluding hydrogens is 158 g/mol. The number of hydrogen-bond donors (Lipinski definition) is 1. The molecule has 1 amide bonds. The average Bonchev–Trinajstić information content (AvgIpc) is 2.00. The van der Waals surface area contributed by atoms with Gasteiger partial charge in [0.25, 0.3) is 0 Å². The molecule has 0 aliphatic carbocycles. The van der Waals surface area contributed by atoms with Gasteiger partial charge in [-0.2, -0.15) is 0 Å². The van der Waals surface area contributed by atoms with Crippen molar-refractivity contribution in [2.75, 3.05) is 7.11 Å². The summed E-state index contributed by atoms with van der Waals surface area (Å²) in [5.41, 5.74) is 0. The van der Waals surface area contributed by atoms with Crippen molar-refractivity contribution in [1.82, 2.24) is 5.32 Å². The molecule has 70 valence electrons. The Morgan fingerprint density at radius 3 is 2.17 bits per heavy atom. The summed E-state index contributed by atoms with van der Waals surface area (Å²) in [6.07, 6.45) is 0. The van der Waals surface area contributed by atoms with Gasteiger partial charge < -0.3 is 10.1 Å². The van der Waals surface area contributed by atoms with Crippen LogP contribution in [0.25, 0.3) is 0 Å². The molecule has 0 radical (unpaired) electrons. The molecule has 0 saturated carbocycles. The molecule has 0 aromatic carbocycles. The van der Waals surface area contributed by atoms with Crippen LogP contribution in [-0.4, -0.2) is 25.0 Å². The highest BCUT2D eigenvalue weighted by Gasteiger charge is 2.20. The maximum atomic E-state index is 11.0. The average molecular weight is 173 g/mol. The zero-order valence-electron chi connectivity index (χ0n) is 7.88. The van der Waals surface area contributed by atoms with E-state index in [4.69, 9.17) is 0 Å². The van der Waals surface area contributed by atoms with Gasteiger partial charge in [0, 0.05) is 13.0 Å². The van der Waals surface area contributed by atoms with E-state index in [1.54, 1.807) is 13.8 Å². The van der Waals surface area contributed by atoms with E-state index in [2.05, 4.69) is 10.1 Å². The summed E-state index contributed by atoms with van der Waals surface area (Å²) < 4.78 is 4.52. The Labute approximate surface area is 72.3 Å². The molecule has 0 unspecified atom stereocenters. The minimum Gasteiger partial charge on any atom is -0.469 e. The molecule has 0 rings (SSSR count). The fourth-order valence-corrected chi connectivity index (χ4v) is 0.836. The Balaban J connectivity index is 4.00. The van der Waals surface area contributed by atoms with Gasteiger partial charge in [-0.1, -0.05) is 0 Å². The lowest BCUT2D eigenvalue weighted by molar-refractivity contribution is -0.145. The zero-order chi connectivity index (χ0) is 9.72. The number of nitrogens with one attached hydrogen (secondary N) is 1. The first kappa shape index (κ1) is 10.9. The third-order valence-electron chi connectivity index (χ3n) is 1.75. The molecule has 2 atom stereocenters. The van der Waals surface area contributed by atoms with Crippen molar-refractivity contribution in [3.05, 3.63) is 0 Å². The van der Waals surface area contributed by atoms with Crippen LogP contribution in [0.5, 0.6) is 0 Å². The van der Waals surface area contributed by atoms with E-state index in [-0.39, 0.29) is 23.8 Å². The van der Waals surface area contributed by atoms with E-state index in [9.17, 15) is 9.59 Å². The number of esters is 1. The van der Waals surface area contributed by atoms with Gasteiger partial charge in [0.1, 0.15) is 0 Å². The molecule has 0 heterocycles. The number of carbonyl (C=O) groups excluding carboxylic acids is 2. The summed E-state index contributed by atoms with van der Waals surface area (Å²) in [5, 5.41) is 2.62. The van der Waals surface area contributed by atoms with Crippen molar-refractivity contribution in [3.8, 4) is 0 Å². The summed E-state index contributed by atoms with van der Waals surface area (Å²) in [6, 6.07) is -0.185. The van der Waals surface area contributed by atoms with Crippen molar-refractivity contribution >= 4 is 11.9 Å². The van der Waals surface area contributed by atoms with Crippen molar-refractivity contribution in [1.29, 1.82) is 0 Å². The lowest BCUT2D eigenvalue weighted by Gasteiger charge is -2.17. The number of carbonyl (C=O) groups is 2. The third-order valence-corrected chi connectivity index (χ3v) is 1.75. The highest BCUT2D eigenvalue weighted by atomic mass is 16.5. The first-order valence-corrected chi connectivity index (χ1v) is 3.84. The molecule has 4 heteroatoms. The van der Waals surface area contributed by atoms with Crippen LogP contribution in [-0.2, 0) is 14.3 Å². The molecule has 0 fully saturated rings. The van der Waals surface area contributed by atoms with Gasteiger partial charge in [-0.05, 0) is 13.8 Å². The Hall–Kier alpha value is -1.06. The van der Waals surface area contributed by atoms with E-state index in [1.165, 1.54) is 14.0 Å². The fraction of sp³-hybridized carbons (Fsp3) is 0.750. The van der Waals surface area contributed by atoms with Crippen molar-refractivity contribution in [2.24, 2.45) is 5.92 Å². The number of amides is 1. The molecule has 1 N–H and O–H groups in total. The Morgan fingerprint density at radius 2 is 1.83 bits per heavy atom. The highest BCUT2D eigenvalue weighted by Crippen LogP contribution is 2.03. The molecule has 0 bridgehead atoms. The molecule has 0 aliphatic heterocycles. The van der Waals surface area contributed by atoms with Gasteiger partial charge in [0.05, 0.1) is 13.0 Å². The summed E-state index contributed by atoms with van der Waals surface area (Å²) in [5.74, 6) is -0.756. The molecule has 4 nitrogen and oxygen atoms in total. The van der Waals surface area contributed by atoms with Crippen LogP contribution in [0.4, 0.5) is 0 Å². The van der Waals surface area contributed by atoms with Gasteiger partial charge in [0.2, 0.25) is 5.91 Å². The maximum Gasteiger partial charge on any atom is 0.310 e. The second-order valence-corrected chi connectivity index (χ2v) is 2.80. The standard InChI is InChI=1S/C8H15NO3/c1-5(8(11)12-4)6(2)9-7(3)10/h5-6H,1-4H3,(H,9,10)/t5-,6-/m0/s1. The lowest BCUT2D eigenvalue weighted by atomic mass is 10.0. The van der Waals surface area contributed by atoms with Crippen LogP contribution in [0.15, 0.2) is 0 Å². The number of methoxy groups -OCH3 is 1. The predicted octanol–water partition coefficient (Wildman–Crippen LogP) is 0.320. The van der Waals surface area contributed by atoms with Crippen LogP contribution >= 0.6 is 0 Å². The van der Waals surface area contributed by atoms with E-state index >= 15 is 0 Å². The second kappa shape index (κ2) is 4.74. The van der Waals surface area contributed by atoms with E-state index in [0.717, 1.165) is 0 Å². The Kier molecular flexibility index (Phi) is 4.33. The van der Waals surface area contributed by atoms with Gasteiger partial charge in [-0.25, -0.2) is 0 Å². The molecule has 0 aliphatic rings. The predicted molar refractivity (Wildman–Crippen MR) is 44.5 cm³/mol. The van der Waals surface area contributed by atoms with Crippen molar-refractivity contribution in [3.63, 3.8) is 0 Å². The summed E-state index contributed by atoms with van der Waals surface area (Å²) >= 11 is 0. The maximum absolute atomic E-state index is 11.0. The van der Waals surface area contributed by atoms with Crippen LogP contribution in [0, 0.1) is 5.92 Å². The normalized spacial score (nSPS) is 14.7. The quantitative estimate of drug-likeness (QED) is 0.625. The first-order valence-electron chi connectivity index (χ1n) is 3.84. The minimum atomic E-state index is -0.309. The van der Waals surface area contributed by atoms with Gasteiger partial charge in [-0.15, -0.1) is 0 Å². The monoisotopic (exact) mass is 173 g/mol. The highest BCUT2D eigenvalue weighted by molar-refractivity contribution is 5.76. The third kappa shape index (κ3) is 3.37. The van der Waals surface area contributed by atoms with Crippen LogP contribution in [0.3, 0.4) is 0 Å². The van der Waals surface area contributed by atoms with Crippen LogP contribution in [0.1, 0.15) is 20.8 Å². The SMILES string of the molecule is COC(=O)[C@@H](C)[C@H](C)NC(C)=O. The molecular formula is C8H15NO3. The first-order chi connectivity index (χ1) is 5.49. The largest absolute Gasteiger partial charge is 0.469 e. The summed E-state index contributed by atoms with van der Waals surface area (Å²) in [4.78, 5) is 21.6. The van der Waals surface area contributed by atoms with Crippen LogP contribution < -0.4 is 5.32 Å². The lowest BCUT2D eigenvalue weighted by Crippen LogP contribution is -2.39. The molecule has 0 aromatic heterocycles. The van der Waals surface area contributed by atoms with Gasteiger partial charge in [0.15, 0.2) is 0 Å². The second-order valence-electron chi connectivity index (χ2n) is 2.80. The number of ether oxygens (including phenoxy) is 1. The van der Waals surface area contributed by atoms with E-state index < -0.39 is 0 Å². The molecule has 0 saturated heterocycles. The molecule has 12 heavy (non-hydrogen) atoms. The fourth-order valence-electron chi connectivity index (χ4n) is 0.836. The molecule has 0 aromatic rings. The Bertz CT molecular complexity index is 179. The minimum absolute atomic E-state index is 0.141. The van der Waals surface area contributed by atoms with Gasteiger partial charge in [-0.3, -0.25) is 9.59 Å². The smallest absolute Gasteiger partial charge is 0.310 e. The zero-order valence-corrected chi connectivity index (χ0v) is 7.88. The Morgan fingerprint density at radius 1 is 1.33 bits per heavy atom. The summed E-state index contributed by atoms with van der Waals surface area (Å²) in [6.45, 7) is 4.90. The van der Waals surface area contributed by atoms with E-state index in [1.807, 2.05) is 0 Å². The topological polar surface area (TPSA) is 55.4 Å². The van der Waals surface area contributed by atoms with E-state index in [0.29, 0.717) is 0 Å². The van der Waals surface area contributed by atoms with Crippen molar-refractivity contribution < 1.29 is 14.3 Å². The number of rotatable bonds is 3. The van der Waals surface area contributed by atoms with Gasteiger partial charge >= 0.3 is 5.97 Å². The molecule has 0 spiro atoms. The van der Waals surface area contributed by atoms with Crippen molar-refractivity contribution in [2.45, 2.75) is 26.8 Å².